The van der Waals surface area contributed by atoms with Gasteiger partial charge < -0.3 is 4.90 Å². The first-order valence-electron chi connectivity index (χ1n) is 8.72. The zero-order valence-electron chi connectivity index (χ0n) is 14.1. The highest BCUT2D eigenvalue weighted by Crippen LogP contribution is 2.25. The number of hydrogen-bond donors (Lipinski definition) is 0. The normalized spacial score (nSPS) is 15.6. The van der Waals surface area contributed by atoms with E-state index in [0.29, 0.717) is 5.52 Å². The highest BCUT2D eigenvalue weighted by Gasteiger charge is 2.20. The number of anilines is 1. The monoisotopic (exact) mass is 336 g/mol. The zero-order chi connectivity index (χ0) is 17.1. The Bertz CT molecular complexity index is 845. The molecular weight excluding hydrogens is 315 g/mol. The third-order valence-electron chi connectivity index (χ3n) is 4.83. The van der Waals surface area contributed by atoms with Crippen molar-refractivity contribution in [2.24, 2.45) is 0 Å². The summed E-state index contributed by atoms with van der Waals surface area (Å²) in [7, 11) is 0. The third kappa shape index (κ3) is 3.46. The fourth-order valence-corrected chi connectivity index (χ4v) is 3.40. The molecule has 3 aromatic rings. The number of para-hydroxylation sites is 1. The second kappa shape index (κ2) is 7.15. The second-order valence-corrected chi connectivity index (χ2v) is 6.40. The SMILES string of the molecule is Fc1cccc2c(N3CCN(CCc4ccccc4)CC3)ncnc12. The summed E-state index contributed by atoms with van der Waals surface area (Å²) in [6.07, 6.45) is 2.53. The highest BCUT2D eigenvalue weighted by molar-refractivity contribution is 5.89. The summed E-state index contributed by atoms with van der Waals surface area (Å²) in [6.45, 7) is 4.85. The van der Waals surface area contributed by atoms with Crippen molar-refractivity contribution >= 4 is 16.7 Å². The number of benzene rings is 2. The first-order valence-corrected chi connectivity index (χ1v) is 8.72. The summed E-state index contributed by atoms with van der Waals surface area (Å²) in [5, 5.41) is 0.792. The Balaban J connectivity index is 1.41. The molecule has 25 heavy (non-hydrogen) atoms. The number of aromatic nitrogens is 2. The van der Waals surface area contributed by atoms with Gasteiger partial charge in [0.25, 0.3) is 0 Å². The van der Waals surface area contributed by atoms with Gasteiger partial charge in [0, 0.05) is 38.1 Å². The molecule has 1 saturated heterocycles. The van der Waals surface area contributed by atoms with E-state index in [0.717, 1.165) is 50.3 Å². The summed E-state index contributed by atoms with van der Waals surface area (Å²) in [6, 6.07) is 15.7. The van der Waals surface area contributed by atoms with Crippen LogP contribution in [-0.2, 0) is 6.42 Å². The largest absolute Gasteiger partial charge is 0.353 e. The van der Waals surface area contributed by atoms with Crippen LogP contribution in [-0.4, -0.2) is 47.6 Å². The molecule has 0 bridgehead atoms. The molecule has 1 aliphatic rings. The van der Waals surface area contributed by atoms with Crippen LogP contribution in [0.2, 0.25) is 0 Å². The van der Waals surface area contributed by atoms with Crippen molar-refractivity contribution < 1.29 is 4.39 Å². The highest BCUT2D eigenvalue weighted by atomic mass is 19.1. The van der Waals surface area contributed by atoms with E-state index >= 15 is 0 Å². The molecule has 2 heterocycles. The minimum Gasteiger partial charge on any atom is -0.353 e. The quantitative estimate of drug-likeness (QED) is 0.733. The van der Waals surface area contributed by atoms with Crippen molar-refractivity contribution in [1.82, 2.24) is 14.9 Å². The van der Waals surface area contributed by atoms with Gasteiger partial charge >= 0.3 is 0 Å². The van der Waals surface area contributed by atoms with Crippen molar-refractivity contribution in [2.45, 2.75) is 6.42 Å². The molecule has 1 aliphatic heterocycles. The summed E-state index contributed by atoms with van der Waals surface area (Å²) < 4.78 is 13.9. The fraction of sp³-hybridized carbons (Fsp3) is 0.300. The van der Waals surface area contributed by atoms with Gasteiger partial charge in [-0.1, -0.05) is 36.4 Å². The number of hydrogen-bond acceptors (Lipinski definition) is 4. The molecule has 4 nitrogen and oxygen atoms in total. The summed E-state index contributed by atoms with van der Waals surface area (Å²) in [5.74, 6) is 0.551. The van der Waals surface area contributed by atoms with E-state index in [-0.39, 0.29) is 5.82 Å². The lowest BCUT2D eigenvalue weighted by atomic mass is 10.1. The molecule has 1 aromatic heterocycles. The molecule has 0 N–H and O–H groups in total. The first kappa shape index (κ1) is 16.0. The first-order chi connectivity index (χ1) is 12.3. The predicted molar refractivity (Wildman–Crippen MR) is 98.3 cm³/mol. The van der Waals surface area contributed by atoms with E-state index in [2.05, 4.69) is 50.1 Å². The van der Waals surface area contributed by atoms with Crippen LogP contribution in [0.5, 0.6) is 0 Å². The molecule has 128 valence electrons. The lowest BCUT2D eigenvalue weighted by Crippen LogP contribution is -2.47. The Morgan fingerprint density at radius 1 is 0.880 bits per heavy atom. The lowest BCUT2D eigenvalue weighted by Gasteiger charge is -2.35. The van der Waals surface area contributed by atoms with Gasteiger partial charge in [-0.2, -0.15) is 0 Å². The van der Waals surface area contributed by atoms with E-state index in [1.807, 2.05) is 6.07 Å². The average molecular weight is 336 g/mol. The number of piperazine rings is 1. The average Bonchev–Trinajstić information content (AvgIpc) is 2.68. The molecule has 0 unspecified atom stereocenters. The number of halogens is 1. The van der Waals surface area contributed by atoms with Crippen LogP contribution in [0.4, 0.5) is 10.2 Å². The van der Waals surface area contributed by atoms with Crippen LogP contribution in [0, 0.1) is 5.82 Å². The minimum atomic E-state index is -0.289. The Morgan fingerprint density at radius 3 is 2.48 bits per heavy atom. The fourth-order valence-electron chi connectivity index (χ4n) is 3.40. The van der Waals surface area contributed by atoms with Crippen LogP contribution < -0.4 is 4.90 Å². The molecule has 1 fully saturated rings. The maximum atomic E-state index is 13.9. The van der Waals surface area contributed by atoms with Crippen LogP contribution in [0.1, 0.15) is 5.56 Å². The van der Waals surface area contributed by atoms with Crippen LogP contribution in [0.25, 0.3) is 10.9 Å². The van der Waals surface area contributed by atoms with E-state index in [9.17, 15) is 4.39 Å². The summed E-state index contributed by atoms with van der Waals surface area (Å²) in [4.78, 5) is 13.2. The van der Waals surface area contributed by atoms with Gasteiger partial charge in [-0.15, -0.1) is 0 Å². The molecular formula is C20H21FN4. The van der Waals surface area contributed by atoms with Crippen LogP contribution >= 0.6 is 0 Å². The third-order valence-corrected chi connectivity index (χ3v) is 4.83. The van der Waals surface area contributed by atoms with Crippen LogP contribution in [0.3, 0.4) is 0 Å². The Morgan fingerprint density at radius 2 is 1.68 bits per heavy atom. The summed E-state index contributed by atoms with van der Waals surface area (Å²) in [5.41, 5.74) is 1.78. The van der Waals surface area contributed by atoms with Gasteiger partial charge in [0.05, 0.1) is 0 Å². The molecule has 0 amide bonds. The maximum absolute atomic E-state index is 13.9. The molecule has 0 saturated carbocycles. The van der Waals surface area contributed by atoms with E-state index in [4.69, 9.17) is 0 Å². The van der Waals surface area contributed by atoms with Gasteiger partial charge in [0.15, 0.2) is 0 Å². The van der Waals surface area contributed by atoms with Crippen molar-refractivity contribution in [3.05, 3.63) is 66.2 Å². The minimum absolute atomic E-state index is 0.289. The molecule has 4 rings (SSSR count). The van der Waals surface area contributed by atoms with Crippen molar-refractivity contribution in [1.29, 1.82) is 0 Å². The van der Waals surface area contributed by atoms with Crippen molar-refractivity contribution in [3.8, 4) is 0 Å². The molecule has 0 spiro atoms. The lowest BCUT2D eigenvalue weighted by molar-refractivity contribution is 0.260. The molecule has 0 radical (unpaired) electrons. The van der Waals surface area contributed by atoms with Gasteiger partial charge in [-0.3, -0.25) is 4.90 Å². The van der Waals surface area contributed by atoms with Gasteiger partial charge in [0.2, 0.25) is 0 Å². The second-order valence-electron chi connectivity index (χ2n) is 6.40. The van der Waals surface area contributed by atoms with Crippen LogP contribution in [0.15, 0.2) is 54.9 Å². The predicted octanol–water partition coefficient (Wildman–Crippen LogP) is 3.13. The molecule has 5 heteroatoms. The number of rotatable bonds is 4. The zero-order valence-corrected chi connectivity index (χ0v) is 14.1. The van der Waals surface area contributed by atoms with Crippen molar-refractivity contribution in [2.75, 3.05) is 37.6 Å². The molecule has 0 atom stereocenters. The topological polar surface area (TPSA) is 32.3 Å². The van der Waals surface area contributed by atoms with E-state index < -0.39 is 0 Å². The smallest absolute Gasteiger partial charge is 0.149 e. The standard InChI is InChI=1S/C20H21FN4/c21-18-8-4-7-17-19(18)22-15-23-20(17)25-13-11-24(12-14-25)10-9-16-5-2-1-3-6-16/h1-8,15H,9-14H2. The Labute approximate surface area is 146 Å². The number of fused-ring (bicyclic) bond motifs is 1. The number of nitrogens with zero attached hydrogens (tertiary/aromatic N) is 4. The summed E-state index contributed by atoms with van der Waals surface area (Å²) >= 11 is 0. The van der Waals surface area contributed by atoms with E-state index in [1.54, 1.807) is 6.07 Å². The molecule has 0 aliphatic carbocycles. The van der Waals surface area contributed by atoms with E-state index in [1.165, 1.54) is 18.0 Å². The Hall–Kier alpha value is -2.53. The van der Waals surface area contributed by atoms with Gasteiger partial charge in [-0.25, -0.2) is 14.4 Å². The van der Waals surface area contributed by atoms with Crippen molar-refractivity contribution in [3.63, 3.8) is 0 Å². The maximum Gasteiger partial charge on any atom is 0.149 e. The molecule has 2 aromatic carbocycles. The van der Waals surface area contributed by atoms with Gasteiger partial charge in [-0.05, 0) is 24.1 Å². The van der Waals surface area contributed by atoms with Gasteiger partial charge in [0.1, 0.15) is 23.5 Å². The Kier molecular flexibility index (Phi) is 4.57.